The summed E-state index contributed by atoms with van der Waals surface area (Å²) in [5, 5.41) is 11.5. The summed E-state index contributed by atoms with van der Waals surface area (Å²) in [6.45, 7) is 5.50. The van der Waals surface area contributed by atoms with E-state index in [9.17, 15) is 9.59 Å². The smallest absolute Gasteiger partial charge is 0.317 e. The quantitative estimate of drug-likeness (QED) is 0.619. The van der Waals surface area contributed by atoms with Gasteiger partial charge >= 0.3 is 5.97 Å². The first-order valence-corrected chi connectivity index (χ1v) is 9.08. The normalized spacial score (nSPS) is 11.3. The van der Waals surface area contributed by atoms with Crippen LogP contribution in [0.15, 0.2) is 47.4 Å². The maximum Gasteiger partial charge on any atom is 0.317 e. The summed E-state index contributed by atoms with van der Waals surface area (Å²) in [6.07, 6.45) is -0.924. The fourth-order valence-corrected chi connectivity index (χ4v) is 3.10. The van der Waals surface area contributed by atoms with Crippen molar-refractivity contribution in [2.45, 2.75) is 31.8 Å². The lowest BCUT2D eigenvalue weighted by Gasteiger charge is -2.14. The zero-order valence-corrected chi connectivity index (χ0v) is 15.7. The molecule has 0 saturated heterocycles. The SMILES string of the molecule is Cc1ccc(C)c(SCC(=O)OC(C)C(=O)Nc2cccc(C#N)c2)c1. The molecular formula is C20H20N2O3S. The first kappa shape index (κ1) is 19.5. The van der Waals surface area contributed by atoms with Gasteiger partial charge in [0.2, 0.25) is 0 Å². The number of hydrogen-bond acceptors (Lipinski definition) is 5. The Balaban J connectivity index is 1.86. The van der Waals surface area contributed by atoms with Crippen LogP contribution in [0.25, 0.3) is 0 Å². The molecule has 0 aromatic heterocycles. The average Bonchev–Trinajstić information content (AvgIpc) is 2.62. The molecule has 26 heavy (non-hydrogen) atoms. The van der Waals surface area contributed by atoms with Gasteiger partial charge in [-0.05, 0) is 50.6 Å². The Morgan fingerprint density at radius 2 is 2.00 bits per heavy atom. The Hall–Kier alpha value is -2.78. The van der Waals surface area contributed by atoms with Gasteiger partial charge in [-0.2, -0.15) is 5.26 Å². The number of aryl methyl sites for hydroxylation is 2. The van der Waals surface area contributed by atoms with Crippen molar-refractivity contribution in [1.82, 2.24) is 0 Å². The molecular weight excluding hydrogens is 348 g/mol. The molecule has 0 aliphatic heterocycles. The number of carbonyl (C=O) groups is 2. The zero-order valence-electron chi connectivity index (χ0n) is 14.9. The van der Waals surface area contributed by atoms with Gasteiger partial charge in [-0.15, -0.1) is 11.8 Å². The van der Waals surface area contributed by atoms with Crippen molar-refractivity contribution in [3.63, 3.8) is 0 Å². The topological polar surface area (TPSA) is 79.2 Å². The maximum absolute atomic E-state index is 12.1. The fraction of sp³-hybridized carbons (Fsp3) is 0.250. The molecule has 6 heteroatoms. The predicted molar refractivity (Wildman–Crippen MR) is 102 cm³/mol. The number of carbonyl (C=O) groups excluding carboxylic acids is 2. The van der Waals surface area contributed by atoms with E-state index < -0.39 is 18.0 Å². The molecule has 1 N–H and O–H groups in total. The molecule has 5 nitrogen and oxygen atoms in total. The number of ether oxygens (including phenoxy) is 1. The van der Waals surface area contributed by atoms with E-state index in [-0.39, 0.29) is 5.75 Å². The monoisotopic (exact) mass is 368 g/mol. The van der Waals surface area contributed by atoms with Crippen molar-refractivity contribution in [3.05, 3.63) is 59.2 Å². The van der Waals surface area contributed by atoms with Crippen LogP contribution >= 0.6 is 11.8 Å². The molecule has 1 amide bonds. The summed E-state index contributed by atoms with van der Waals surface area (Å²) in [4.78, 5) is 25.2. The van der Waals surface area contributed by atoms with E-state index in [0.29, 0.717) is 11.3 Å². The van der Waals surface area contributed by atoms with Crippen LogP contribution in [0.1, 0.15) is 23.6 Å². The molecule has 0 aliphatic rings. The summed E-state index contributed by atoms with van der Waals surface area (Å²) >= 11 is 1.39. The number of nitrogens with one attached hydrogen (secondary N) is 1. The molecule has 0 heterocycles. The fourth-order valence-electron chi connectivity index (χ4n) is 2.19. The predicted octanol–water partition coefficient (Wildman–Crippen LogP) is 3.84. The molecule has 1 unspecified atom stereocenters. The van der Waals surface area contributed by atoms with E-state index in [1.54, 1.807) is 24.3 Å². The summed E-state index contributed by atoms with van der Waals surface area (Å²) in [5.41, 5.74) is 3.15. The minimum atomic E-state index is -0.924. The van der Waals surface area contributed by atoms with Crippen molar-refractivity contribution >= 4 is 29.3 Å². The van der Waals surface area contributed by atoms with Crippen LogP contribution in [0.4, 0.5) is 5.69 Å². The first-order chi connectivity index (χ1) is 12.4. The molecule has 2 aromatic carbocycles. The van der Waals surface area contributed by atoms with E-state index >= 15 is 0 Å². The van der Waals surface area contributed by atoms with E-state index in [2.05, 4.69) is 5.32 Å². The highest BCUT2D eigenvalue weighted by atomic mass is 32.2. The van der Waals surface area contributed by atoms with Gasteiger partial charge in [-0.3, -0.25) is 9.59 Å². The number of nitrogens with zero attached hydrogens (tertiary/aromatic N) is 1. The van der Waals surface area contributed by atoms with Crippen LogP contribution in [0.5, 0.6) is 0 Å². The Kier molecular flexibility index (Phi) is 6.81. The standard InChI is InChI=1S/C20H20N2O3S/c1-13-7-8-14(2)18(9-13)26-12-19(23)25-15(3)20(24)22-17-6-4-5-16(10-17)11-21/h4-10,15H,12H2,1-3H3,(H,22,24). The molecule has 0 bridgehead atoms. The van der Waals surface area contributed by atoms with E-state index in [4.69, 9.17) is 10.00 Å². The second kappa shape index (κ2) is 9.07. The van der Waals surface area contributed by atoms with Crippen molar-refractivity contribution in [3.8, 4) is 6.07 Å². The Labute approximate surface area is 157 Å². The number of thioether (sulfide) groups is 1. The molecule has 0 spiro atoms. The molecule has 1 atom stereocenters. The number of anilines is 1. The molecule has 0 fully saturated rings. The first-order valence-electron chi connectivity index (χ1n) is 8.09. The van der Waals surface area contributed by atoms with Gasteiger partial charge in [0.05, 0.1) is 17.4 Å². The second-order valence-electron chi connectivity index (χ2n) is 5.87. The third-order valence-electron chi connectivity index (χ3n) is 3.63. The number of benzene rings is 2. The van der Waals surface area contributed by atoms with Crippen molar-refractivity contribution in [2.75, 3.05) is 11.1 Å². The summed E-state index contributed by atoms with van der Waals surface area (Å²) < 4.78 is 5.20. The van der Waals surface area contributed by atoms with Crippen LogP contribution in [0.2, 0.25) is 0 Å². The lowest BCUT2D eigenvalue weighted by atomic mass is 10.2. The zero-order chi connectivity index (χ0) is 19.1. The van der Waals surface area contributed by atoms with Crippen LogP contribution < -0.4 is 5.32 Å². The minimum Gasteiger partial charge on any atom is -0.452 e. The van der Waals surface area contributed by atoms with Crippen molar-refractivity contribution in [1.29, 1.82) is 5.26 Å². The summed E-state index contributed by atoms with van der Waals surface area (Å²) in [5.74, 6) is -0.763. The molecule has 0 aliphatic carbocycles. The average molecular weight is 368 g/mol. The van der Waals surface area contributed by atoms with Gasteiger partial charge in [0.15, 0.2) is 6.10 Å². The van der Waals surface area contributed by atoms with Crippen LogP contribution in [0.3, 0.4) is 0 Å². The summed E-state index contributed by atoms with van der Waals surface area (Å²) in [7, 11) is 0. The van der Waals surface area contributed by atoms with Gasteiger partial charge in [0, 0.05) is 10.6 Å². The van der Waals surface area contributed by atoms with Gasteiger partial charge in [0.1, 0.15) is 0 Å². The number of nitriles is 1. The van der Waals surface area contributed by atoms with Crippen LogP contribution in [0, 0.1) is 25.2 Å². The molecule has 0 saturated carbocycles. The molecule has 134 valence electrons. The number of rotatable bonds is 6. The van der Waals surface area contributed by atoms with Crippen LogP contribution in [-0.2, 0) is 14.3 Å². The Morgan fingerprint density at radius 3 is 2.73 bits per heavy atom. The Morgan fingerprint density at radius 1 is 1.23 bits per heavy atom. The highest BCUT2D eigenvalue weighted by Gasteiger charge is 2.18. The van der Waals surface area contributed by atoms with Gasteiger partial charge in [-0.25, -0.2) is 0 Å². The van der Waals surface area contributed by atoms with E-state index in [1.165, 1.54) is 18.7 Å². The van der Waals surface area contributed by atoms with Crippen molar-refractivity contribution in [2.24, 2.45) is 0 Å². The van der Waals surface area contributed by atoms with Crippen molar-refractivity contribution < 1.29 is 14.3 Å². The van der Waals surface area contributed by atoms with Gasteiger partial charge < -0.3 is 10.1 Å². The highest BCUT2D eigenvalue weighted by Crippen LogP contribution is 2.23. The second-order valence-corrected chi connectivity index (χ2v) is 6.89. The molecule has 0 radical (unpaired) electrons. The number of esters is 1. The summed E-state index contributed by atoms with van der Waals surface area (Å²) in [6, 6.07) is 14.6. The maximum atomic E-state index is 12.1. The third-order valence-corrected chi connectivity index (χ3v) is 4.76. The number of hydrogen-bond donors (Lipinski definition) is 1. The van der Waals surface area contributed by atoms with E-state index in [1.807, 2.05) is 38.1 Å². The third kappa shape index (κ3) is 5.64. The molecule has 2 rings (SSSR count). The van der Waals surface area contributed by atoms with E-state index in [0.717, 1.165) is 16.0 Å². The Bertz CT molecular complexity index is 858. The molecule has 2 aromatic rings. The number of amides is 1. The van der Waals surface area contributed by atoms with Gasteiger partial charge in [-0.1, -0.05) is 23.8 Å². The highest BCUT2D eigenvalue weighted by molar-refractivity contribution is 8.00. The lowest BCUT2D eigenvalue weighted by Crippen LogP contribution is -2.30. The lowest BCUT2D eigenvalue weighted by molar-refractivity contribution is -0.150. The largest absolute Gasteiger partial charge is 0.452 e. The van der Waals surface area contributed by atoms with Crippen LogP contribution in [-0.4, -0.2) is 23.7 Å². The minimum absolute atomic E-state index is 0.131. The van der Waals surface area contributed by atoms with Gasteiger partial charge in [0.25, 0.3) is 5.91 Å².